The molecule has 3 N–H and O–H groups in total. The highest BCUT2D eigenvalue weighted by atomic mass is 16.6. The number of benzene rings is 1. The van der Waals surface area contributed by atoms with Gasteiger partial charge < -0.3 is 15.6 Å². The van der Waals surface area contributed by atoms with Gasteiger partial charge in [0.25, 0.3) is 0 Å². The lowest BCUT2D eigenvalue weighted by Gasteiger charge is -2.34. The Balaban J connectivity index is 3.00. The van der Waals surface area contributed by atoms with Crippen LogP contribution < -0.4 is 5.73 Å². The molecule has 1 aromatic heterocycles. The number of hydrogen-bond acceptors (Lipinski definition) is 4. The zero-order chi connectivity index (χ0) is 23.3. The second-order valence-corrected chi connectivity index (χ2v) is 9.83. The van der Waals surface area contributed by atoms with E-state index in [1.54, 1.807) is 0 Å². The summed E-state index contributed by atoms with van der Waals surface area (Å²) in [7, 11) is 0. The molecule has 0 aliphatic rings. The number of amides is 1. The average molecular weight is 427 g/mol. The number of nitrogens with two attached hydrogens (primary N) is 1. The lowest BCUT2D eigenvalue weighted by Crippen LogP contribution is -2.29. The predicted octanol–water partition coefficient (Wildman–Crippen LogP) is 5.88. The van der Waals surface area contributed by atoms with E-state index in [-0.39, 0.29) is 6.61 Å². The summed E-state index contributed by atoms with van der Waals surface area (Å²) in [6.45, 7) is 14.4. The van der Waals surface area contributed by atoms with Crippen LogP contribution >= 0.6 is 0 Å². The fourth-order valence-electron chi connectivity index (χ4n) is 4.02. The standard InChI is InChI=1S/C26H38N2O3/c1-8-9-20-19(15-29)22(18-12-10-17(4)11-13-18)23(21(28-20)14-16(2)3)24(26(5,6)7)31-25(27)30/h10-13,16,24,29H,8-9,14-15H2,1-7H3,(H2,27,30). The van der Waals surface area contributed by atoms with Gasteiger partial charge >= 0.3 is 6.09 Å². The van der Waals surface area contributed by atoms with Crippen molar-refractivity contribution >= 4 is 6.09 Å². The lowest BCUT2D eigenvalue weighted by molar-refractivity contribution is 0.0353. The maximum absolute atomic E-state index is 11.9. The first-order valence-corrected chi connectivity index (χ1v) is 11.2. The van der Waals surface area contributed by atoms with Crippen LogP contribution in [0.4, 0.5) is 4.79 Å². The minimum absolute atomic E-state index is 0.131. The fourth-order valence-corrected chi connectivity index (χ4v) is 4.02. The molecule has 1 aromatic carbocycles. The van der Waals surface area contributed by atoms with Gasteiger partial charge in [0.1, 0.15) is 6.10 Å². The normalized spacial score (nSPS) is 12.8. The molecule has 0 aliphatic heterocycles. The largest absolute Gasteiger partial charge is 0.441 e. The van der Waals surface area contributed by atoms with Gasteiger partial charge in [0.2, 0.25) is 0 Å². The highest BCUT2D eigenvalue weighted by Gasteiger charge is 2.36. The van der Waals surface area contributed by atoms with E-state index in [0.29, 0.717) is 5.92 Å². The Labute approximate surface area is 187 Å². The van der Waals surface area contributed by atoms with Gasteiger partial charge in [0.05, 0.1) is 6.61 Å². The van der Waals surface area contributed by atoms with E-state index in [1.807, 2.05) is 27.7 Å². The molecule has 31 heavy (non-hydrogen) atoms. The fraction of sp³-hybridized carbons (Fsp3) is 0.538. The third-order valence-corrected chi connectivity index (χ3v) is 5.37. The summed E-state index contributed by atoms with van der Waals surface area (Å²) in [5.41, 5.74) is 11.6. The number of aliphatic hydroxyl groups is 1. The van der Waals surface area contributed by atoms with E-state index in [1.165, 1.54) is 0 Å². The summed E-state index contributed by atoms with van der Waals surface area (Å²) in [5.74, 6) is 0.362. The summed E-state index contributed by atoms with van der Waals surface area (Å²) in [5, 5.41) is 10.4. The van der Waals surface area contributed by atoms with Gasteiger partial charge in [-0.2, -0.15) is 0 Å². The minimum atomic E-state index is -0.812. The number of primary amides is 1. The van der Waals surface area contributed by atoms with E-state index in [0.717, 1.165) is 58.5 Å². The molecule has 2 rings (SSSR count). The van der Waals surface area contributed by atoms with Crippen molar-refractivity contribution in [3.05, 3.63) is 52.3 Å². The molecule has 0 spiro atoms. The van der Waals surface area contributed by atoms with Crippen LogP contribution in [0.25, 0.3) is 11.1 Å². The van der Waals surface area contributed by atoms with Crippen LogP contribution in [-0.2, 0) is 24.2 Å². The number of nitrogens with zero attached hydrogens (tertiary/aromatic N) is 1. The van der Waals surface area contributed by atoms with Crippen LogP contribution in [-0.4, -0.2) is 16.2 Å². The van der Waals surface area contributed by atoms with Gasteiger partial charge in [-0.25, -0.2) is 4.79 Å². The van der Waals surface area contributed by atoms with Crippen molar-refractivity contribution in [1.82, 2.24) is 4.98 Å². The molecular weight excluding hydrogens is 388 g/mol. The molecule has 5 nitrogen and oxygen atoms in total. The SMILES string of the molecule is CCCc1nc(CC(C)C)c(C(OC(N)=O)C(C)(C)C)c(-c2ccc(C)cc2)c1CO. The molecule has 1 amide bonds. The summed E-state index contributed by atoms with van der Waals surface area (Å²) < 4.78 is 5.73. The second-order valence-electron chi connectivity index (χ2n) is 9.83. The number of pyridine rings is 1. The maximum Gasteiger partial charge on any atom is 0.405 e. The molecule has 0 saturated heterocycles. The Bertz CT molecular complexity index is 896. The van der Waals surface area contributed by atoms with Crippen molar-refractivity contribution in [2.75, 3.05) is 0 Å². The summed E-state index contributed by atoms with van der Waals surface area (Å²) in [4.78, 5) is 16.9. The van der Waals surface area contributed by atoms with Gasteiger partial charge in [0.15, 0.2) is 0 Å². The van der Waals surface area contributed by atoms with Crippen LogP contribution in [0.15, 0.2) is 24.3 Å². The highest BCUT2D eigenvalue weighted by Crippen LogP contribution is 2.45. The Morgan fingerprint density at radius 2 is 1.77 bits per heavy atom. The van der Waals surface area contributed by atoms with Gasteiger partial charge in [-0.1, -0.05) is 77.8 Å². The zero-order valence-corrected chi connectivity index (χ0v) is 20.1. The van der Waals surface area contributed by atoms with Gasteiger partial charge in [-0.05, 0) is 36.8 Å². The molecule has 1 unspecified atom stereocenters. The second kappa shape index (κ2) is 10.3. The molecule has 170 valence electrons. The Hall–Kier alpha value is -2.40. The molecule has 0 bridgehead atoms. The van der Waals surface area contributed by atoms with Crippen LogP contribution in [0.2, 0.25) is 0 Å². The number of hydrogen-bond donors (Lipinski definition) is 2. The molecule has 2 aromatic rings. The van der Waals surface area contributed by atoms with E-state index in [2.05, 4.69) is 45.0 Å². The Morgan fingerprint density at radius 1 is 1.16 bits per heavy atom. The molecule has 1 heterocycles. The van der Waals surface area contributed by atoms with E-state index in [4.69, 9.17) is 15.5 Å². The van der Waals surface area contributed by atoms with Gasteiger partial charge in [-0.3, -0.25) is 4.98 Å². The number of ether oxygens (including phenoxy) is 1. The van der Waals surface area contributed by atoms with Crippen molar-refractivity contribution in [3.8, 4) is 11.1 Å². The first-order valence-electron chi connectivity index (χ1n) is 11.2. The third-order valence-electron chi connectivity index (χ3n) is 5.37. The van der Waals surface area contributed by atoms with Crippen molar-refractivity contribution < 1.29 is 14.6 Å². The third kappa shape index (κ3) is 6.07. The van der Waals surface area contributed by atoms with Crippen molar-refractivity contribution in [2.45, 2.75) is 80.4 Å². The minimum Gasteiger partial charge on any atom is -0.441 e. The average Bonchev–Trinajstić information content (AvgIpc) is 2.65. The van der Waals surface area contributed by atoms with E-state index in [9.17, 15) is 9.90 Å². The number of carbonyl (C=O) groups is 1. The molecule has 0 fully saturated rings. The number of aromatic nitrogens is 1. The van der Waals surface area contributed by atoms with E-state index >= 15 is 0 Å². The molecule has 0 aliphatic carbocycles. The van der Waals surface area contributed by atoms with Gasteiger partial charge in [0, 0.05) is 27.9 Å². The first kappa shape index (κ1) is 24.9. The topological polar surface area (TPSA) is 85.4 Å². The van der Waals surface area contributed by atoms with Crippen molar-refractivity contribution in [1.29, 1.82) is 0 Å². The zero-order valence-electron chi connectivity index (χ0n) is 20.1. The van der Waals surface area contributed by atoms with Crippen LogP contribution in [0.3, 0.4) is 0 Å². The molecule has 5 heteroatoms. The summed E-state index contributed by atoms with van der Waals surface area (Å²) >= 11 is 0. The van der Waals surface area contributed by atoms with Crippen molar-refractivity contribution in [2.24, 2.45) is 17.1 Å². The smallest absolute Gasteiger partial charge is 0.405 e. The van der Waals surface area contributed by atoms with E-state index < -0.39 is 17.6 Å². The lowest BCUT2D eigenvalue weighted by atomic mass is 9.78. The predicted molar refractivity (Wildman–Crippen MR) is 126 cm³/mol. The van der Waals surface area contributed by atoms with Crippen LogP contribution in [0.5, 0.6) is 0 Å². The van der Waals surface area contributed by atoms with Gasteiger partial charge in [-0.15, -0.1) is 0 Å². The molecule has 1 atom stereocenters. The monoisotopic (exact) mass is 426 g/mol. The number of aliphatic hydroxyl groups excluding tert-OH is 1. The molecule has 0 saturated carbocycles. The molecule has 0 radical (unpaired) electrons. The summed E-state index contributed by atoms with van der Waals surface area (Å²) in [6, 6.07) is 8.24. The number of rotatable bonds is 8. The Kier molecular flexibility index (Phi) is 8.24. The quantitative estimate of drug-likeness (QED) is 0.552. The van der Waals surface area contributed by atoms with Crippen molar-refractivity contribution in [3.63, 3.8) is 0 Å². The highest BCUT2D eigenvalue weighted by molar-refractivity contribution is 5.74. The molecular formula is C26H38N2O3. The Morgan fingerprint density at radius 3 is 2.23 bits per heavy atom. The van der Waals surface area contributed by atoms with Crippen LogP contribution in [0, 0.1) is 18.3 Å². The summed E-state index contributed by atoms with van der Waals surface area (Å²) in [6.07, 6.45) is 1.04. The number of carbonyl (C=O) groups excluding carboxylic acids is 1. The number of aryl methyl sites for hydroxylation is 2. The maximum atomic E-state index is 11.9. The first-order chi connectivity index (χ1) is 14.5. The van der Waals surface area contributed by atoms with Crippen LogP contribution in [0.1, 0.15) is 82.1 Å².